The molecule has 1 saturated carbocycles. The van der Waals surface area contributed by atoms with Crippen molar-refractivity contribution in [1.82, 2.24) is 0 Å². The van der Waals surface area contributed by atoms with Crippen LogP contribution in [0.5, 0.6) is 5.75 Å². The van der Waals surface area contributed by atoms with Gasteiger partial charge in [-0.2, -0.15) is 0 Å². The highest BCUT2D eigenvalue weighted by molar-refractivity contribution is 6.02. The van der Waals surface area contributed by atoms with Gasteiger partial charge in [0.25, 0.3) is 0 Å². The molecule has 1 aromatic carbocycles. The number of ether oxygens (including phenoxy) is 3. The highest BCUT2D eigenvalue weighted by atomic mass is 16.6. The summed E-state index contributed by atoms with van der Waals surface area (Å²) in [5.74, 6) is -3.64. The van der Waals surface area contributed by atoms with E-state index in [-0.39, 0.29) is 18.6 Å². The lowest BCUT2D eigenvalue weighted by Gasteiger charge is -2.46. The highest BCUT2D eigenvalue weighted by Gasteiger charge is 2.61. The Balaban J connectivity index is 1.79. The Kier molecular flexibility index (Phi) is 4.80. The van der Waals surface area contributed by atoms with Gasteiger partial charge in [-0.25, -0.2) is 0 Å². The predicted octanol–water partition coefficient (Wildman–Crippen LogP) is 2.21. The monoisotopic (exact) mass is 374 g/mol. The maximum atomic E-state index is 12.6. The molecular formula is C20H22O7. The molecule has 1 aliphatic carbocycles. The SMILES string of the molecule is CC(C)(C)OC(=O)C[C@]12C[C@H](C(=O)Oc3ccccc3)[C@H](CC1=O)C(=O)O2. The van der Waals surface area contributed by atoms with E-state index >= 15 is 0 Å². The number of hydrogen-bond donors (Lipinski definition) is 0. The Morgan fingerprint density at radius 3 is 2.48 bits per heavy atom. The van der Waals surface area contributed by atoms with Crippen molar-refractivity contribution in [3.05, 3.63) is 30.3 Å². The average Bonchev–Trinajstić information content (AvgIpc) is 2.55. The van der Waals surface area contributed by atoms with E-state index in [4.69, 9.17) is 14.2 Å². The molecule has 2 bridgehead atoms. The summed E-state index contributed by atoms with van der Waals surface area (Å²) < 4.78 is 15.9. The second-order valence-corrected chi connectivity index (χ2v) is 7.96. The standard InChI is InChI=1S/C20H22O7/c1-19(2,3)26-16(22)11-20-10-14(13(9-15(20)21)18(24)27-20)17(23)25-12-7-5-4-6-8-12/h4-8,13-14H,9-11H2,1-3H3/t13-,14-,20+/m0/s1. The summed E-state index contributed by atoms with van der Waals surface area (Å²) in [5, 5.41) is 0. The number of para-hydroxylation sites is 1. The largest absolute Gasteiger partial charge is 0.460 e. The first-order valence-electron chi connectivity index (χ1n) is 8.84. The lowest BCUT2D eigenvalue weighted by molar-refractivity contribution is -0.205. The first-order valence-corrected chi connectivity index (χ1v) is 8.84. The number of fused-ring (bicyclic) bond motifs is 3. The van der Waals surface area contributed by atoms with E-state index in [0.29, 0.717) is 5.75 Å². The van der Waals surface area contributed by atoms with Gasteiger partial charge in [-0.15, -0.1) is 0 Å². The number of hydrogen-bond acceptors (Lipinski definition) is 7. The molecule has 0 aromatic heterocycles. The lowest BCUT2D eigenvalue weighted by atomic mass is 9.66. The molecule has 0 N–H and O–H groups in total. The number of rotatable bonds is 4. The zero-order valence-corrected chi connectivity index (χ0v) is 15.5. The van der Waals surface area contributed by atoms with Crippen LogP contribution in [-0.2, 0) is 28.7 Å². The fraction of sp³-hybridized carbons (Fsp3) is 0.500. The molecule has 4 rings (SSSR count). The molecule has 0 spiro atoms. The smallest absolute Gasteiger partial charge is 0.315 e. The molecule has 144 valence electrons. The van der Waals surface area contributed by atoms with E-state index in [1.165, 1.54) is 0 Å². The van der Waals surface area contributed by atoms with Crippen LogP contribution < -0.4 is 4.74 Å². The Morgan fingerprint density at radius 2 is 1.85 bits per heavy atom. The first-order chi connectivity index (χ1) is 12.6. The van der Waals surface area contributed by atoms with Crippen molar-refractivity contribution in [3.8, 4) is 5.75 Å². The average molecular weight is 374 g/mol. The van der Waals surface area contributed by atoms with Gasteiger partial charge in [0.15, 0.2) is 11.4 Å². The predicted molar refractivity (Wildman–Crippen MR) is 92.6 cm³/mol. The molecule has 0 radical (unpaired) electrons. The van der Waals surface area contributed by atoms with Crippen LogP contribution in [0.4, 0.5) is 0 Å². The van der Waals surface area contributed by atoms with Gasteiger partial charge < -0.3 is 14.2 Å². The van der Waals surface area contributed by atoms with E-state index in [2.05, 4.69) is 0 Å². The van der Waals surface area contributed by atoms with Gasteiger partial charge in [-0.3, -0.25) is 19.2 Å². The third kappa shape index (κ3) is 4.02. The summed E-state index contributed by atoms with van der Waals surface area (Å²) in [5.41, 5.74) is -2.40. The van der Waals surface area contributed by atoms with Gasteiger partial charge in [-0.05, 0) is 32.9 Å². The van der Waals surface area contributed by atoms with Crippen molar-refractivity contribution >= 4 is 23.7 Å². The third-order valence-electron chi connectivity index (χ3n) is 4.66. The molecule has 3 atom stereocenters. The van der Waals surface area contributed by atoms with Crippen LogP contribution in [0.3, 0.4) is 0 Å². The van der Waals surface area contributed by atoms with Crippen molar-refractivity contribution < 1.29 is 33.4 Å². The van der Waals surface area contributed by atoms with Crippen LogP contribution in [0.1, 0.15) is 40.0 Å². The number of carbonyl (C=O) groups is 4. The van der Waals surface area contributed by atoms with Crippen molar-refractivity contribution in [2.75, 3.05) is 0 Å². The molecule has 1 aromatic rings. The summed E-state index contributed by atoms with van der Waals surface area (Å²) in [6.07, 6.45) is -0.625. The summed E-state index contributed by atoms with van der Waals surface area (Å²) in [7, 11) is 0. The number of esters is 3. The summed E-state index contributed by atoms with van der Waals surface area (Å²) >= 11 is 0. The minimum Gasteiger partial charge on any atom is -0.460 e. The number of benzene rings is 1. The minimum atomic E-state index is -1.66. The molecule has 27 heavy (non-hydrogen) atoms. The van der Waals surface area contributed by atoms with E-state index in [1.807, 2.05) is 0 Å². The van der Waals surface area contributed by atoms with Gasteiger partial charge in [0.05, 0.1) is 18.3 Å². The minimum absolute atomic E-state index is 0.0762. The first kappa shape index (κ1) is 19.1. The third-order valence-corrected chi connectivity index (χ3v) is 4.66. The molecule has 7 heteroatoms. The van der Waals surface area contributed by atoms with Crippen LogP contribution in [0.15, 0.2) is 30.3 Å². The van der Waals surface area contributed by atoms with E-state index in [9.17, 15) is 19.2 Å². The van der Waals surface area contributed by atoms with Crippen LogP contribution in [0, 0.1) is 11.8 Å². The maximum absolute atomic E-state index is 12.6. The maximum Gasteiger partial charge on any atom is 0.315 e. The molecule has 3 fully saturated rings. The lowest BCUT2D eigenvalue weighted by Crippen LogP contribution is -2.61. The Bertz CT molecular complexity index is 777. The number of carbonyl (C=O) groups excluding carboxylic acids is 4. The Hall–Kier alpha value is -2.70. The fourth-order valence-electron chi connectivity index (χ4n) is 3.50. The van der Waals surface area contributed by atoms with Gasteiger partial charge >= 0.3 is 17.9 Å². The van der Waals surface area contributed by atoms with E-state index in [1.54, 1.807) is 51.1 Å². The summed E-state index contributed by atoms with van der Waals surface area (Å²) in [6.45, 7) is 5.11. The van der Waals surface area contributed by atoms with Crippen LogP contribution in [0.25, 0.3) is 0 Å². The second kappa shape index (κ2) is 6.79. The number of ketones is 1. The van der Waals surface area contributed by atoms with E-state index < -0.39 is 47.4 Å². The summed E-state index contributed by atoms with van der Waals surface area (Å²) in [4.78, 5) is 49.7. The Labute approximate surface area is 157 Å². The molecule has 3 aliphatic rings. The van der Waals surface area contributed by atoms with Gasteiger partial charge in [0, 0.05) is 12.8 Å². The molecule has 0 amide bonds. The molecule has 2 saturated heterocycles. The van der Waals surface area contributed by atoms with Crippen molar-refractivity contribution in [2.45, 2.75) is 51.2 Å². The van der Waals surface area contributed by atoms with Gasteiger partial charge in [0.2, 0.25) is 0 Å². The highest BCUT2D eigenvalue weighted by Crippen LogP contribution is 2.46. The topological polar surface area (TPSA) is 96.0 Å². The van der Waals surface area contributed by atoms with Gasteiger partial charge in [0.1, 0.15) is 11.4 Å². The molecule has 7 nitrogen and oxygen atoms in total. The quantitative estimate of drug-likeness (QED) is 0.589. The number of Topliss-reactive ketones (excluding diaryl/α,β-unsaturated/α-hetero) is 1. The van der Waals surface area contributed by atoms with Crippen molar-refractivity contribution in [2.24, 2.45) is 11.8 Å². The van der Waals surface area contributed by atoms with Crippen LogP contribution in [0.2, 0.25) is 0 Å². The van der Waals surface area contributed by atoms with Crippen LogP contribution in [-0.4, -0.2) is 34.9 Å². The zero-order valence-electron chi connectivity index (χ0n) is 15.5. The Morgan fingerprint density at radius 1 is 1.19 bits per heavy atom. The van der Waals surface area contributed by atoms with E-state index in [0.717, 1.165) is 0 Å². The van der Waals surface area contributed by atoms with Crippen LogP contribution >= 0.6 is 0 Å². The molecule has 2 aliphatic heterocycles. The molecular weight excluding hydrogens is 352 g/mol. The normalized spacial score (nSPS) is 27.1. The zero-order chi connectivity index (χ0) is 19.8. The molecule has 2 heterocycles. The van der Waals surface area contributed by atoms with Gasteiger partial charge in [-0.1, -0.05) is 18.2 Å². The summed E-state index contributed by atoms with van der Waals surface area (Å²) in [6, 6.07) is 8.47. The van der Waals surface area contributed by atoms with Crippen molar-refractivity contribution in [1.29, 1.82) is 0 Å². The fourth-order valence-corrected chi connectivity index (χ4v) is 3.50. The molecule has 0 unspecified atom stereocenters. The van der Waals surface area contributed by atoms with Crippen molar-refractivity contribution in [3.63, 3.8) is 0 Å². The second-order valence-electron chi connectivity index (χ2n) is 7.96.